The third-order valence-electron chi connectivity index (χ3n) is 5.14. The SMILES string of the molecule is CC(CC[SiH2]Nc1ccc(C(=O)O)cc1)(c1ccccc1)c1ccccc1. The Morgan fingerprint density at radius 1 is 0.889 bits per heavy atom. The van der Waals surface area contributed by atoms with Crippen LogP contribution >= 0.6 is 0 Å². The lowest BCUT2D eigenvalue weighted by Crippen LogP contribution is -2.25. The summed E-state index contributed by atoms with van der Waals surface area (Å²) in [5.74, 6) is -0.889. The molecule has 0 atom stereocenters. The second-order valence-corrected chi connectivity index (χ2v) is 8.54. The number of hydrogen-bond donors (Lipinski definition) is 2. The fraction of sp³-hybridized carbons (Fsp3) is 0.174. The lowest BCUT2D eigenvalue weighted by atomic mass is 9.74. The van der Waals surface area contributed by atoms with Gasteiger partial charge in [-0.3, -0.25) is 0 Å². The first-order valence-corrected chi connectivity index (χ1v) is 11.0. The Balaban J connectivity index is 1.66. The highest BCUT2D eigenvalue weighted by atomic mass is 28.2. The number of carbonyl (C=O) groups is 1. The second kappa shape index (κ2) is 8.69. The molecule has 0 aliphatic carbocycles. The molecule has 0 aromatic heterocycles. The van der Waals surface area contributed by atoms with Crippen LogP contribution in [-0.4, -0.2) is 20.8 Å². The number of aromatic carboxylic acids is 1. The molecule has 0 unspecified atom stereocenters. The molecule has 0 fully saturated rings. The van der Waals surface area contributed by atoms with Crippen molar-refractivity contribution >= 4 is 21.3 Å². The predicted octanol–water partition coefficient (Wildman–Crippen LogP) is 4.70. The van der Waals surface area contributed by atoms with Crippen molar-refractivity contribution in [1.82, 2.24) is 0 Å². The van der Waals surface area contributed by atoms with Crippen molar-refractivity contribution < 1.29 is 9.90 Å². The Bertz CT molecular complexity index is 824. The van der Waals surface area contributed by atoms with Crippen molar-refractivity contribution in [1.29, 1.82) is 0 Å². The lowest BCUT2D eigenvalue weighted by molar-refractivity contribution is 0.0697. The lowest BCUT2D eigenvalue weighted by Gasteiger charge is -2.31. The van der Waals surface area contributed by atoms with Gasteiger partial charge in [0.1, 0.15) is 9.68 Å². The van der Waals surface area contributed by atoms with Gasteiger partial charge in [-0.1, -0.05) is 67.6 Å². The Morgan fingerprint density at radius 3 is 1.89 bits per heavy atom. The molecule has 0 aliphatic rings. The van der Waals surface area contributed by atoms with E-state index >= 15 is 0 Å². The topological polar surface area (TPSA) is 49.3 Å². The van der Waals surface area contributed by atoms with E-state index in [1.165, 1.54) is 11.1 Å². The van der Waals surface area contributed by atoms with Crippen molar-refractivity contribution in [3.05, 3.63) is 102 Å². The maximum atomic E-state index is 10.9. The van der Waals surface area contributed by atoms with Gasteiger partial charge >= 0.3 is 5.97 Å². The van der Waals surface area contributed by atoms with Crippen LogP contribution in [0.4, 0.5) is 5.69 Å². The molecule has 0 saturated heterocycles. The van der Waals surface area contributed by atoms with Gasteiger partial charge in [-0.2, -0.15) is 0 Å². The monoisotopic (exact) mass is 375 g/mol. The molecule has 0 radical (unpaired) electrons. The van der Waals surface area contributed by atoms with Crippen molar-refractivity contribution in [2.45, 2.75) is 24.8 Å². The second-order valence-electron chi connectivity index (χ2n) is 6.98. The zero-order valence-electron chi connectivity index (χ0n) is 15.6. The summed E-state index contributed by atoms with van der Waals surface area (Å²) in [6.45, 7) is 2.33. The third-order valence-corrected chi connectivity index (χ3v) is 6.50. The standard InChI is InChI=1S/C23H25NO2Si/c1-23(19-8-4-2-5-9-19,20-10-6-3-7-11-20)16-17-27-24-21-14-12-18(13-15-21)22(25)26/h2-15,24H,16-17,27H2,1H3,(H,25,26). The average molecular weight is 376 g/mol. The van der Waals surface area contributed by atoms with Gasteiger partial charge in [-0.05, 0) is 47.9 Å². The Labute approximate surface area is 163 Å². The number of nitrogens with one attached hydrogen (secondary N) is 1. The zero-order valence-corrected chi connectivity index (χ0v) is 17.0. The number of carboxylic acids is 1. The quantitative estimate of drug-likeness (QED) is 0.443. The van der Waals surface area contributed by atoms with Crippen molar-refractivity contribution in [3.63, 3.8) is 0 Å². The minimum absolute atomic E-state index is 0.00956. The molecular weight excluding hydrogens is 350 g/mol. The minimum atomic E-state index is -0.889. The van der Waals surface area contributed by atoms with Crippen molar-refractivity contribution in [3.8, 4) is 0 Å². The van der Waals surface area contributed by atoms with E-state index in [4.69, 9.17) is 5.11 Å². The predicted molar refractivity (Wildman–Crippen MR) is 114 cm³/mol. The van der Waals surface area contributed by atoms with Crippen LogP contribution in [0.5, 0.6) is 0 Å². The first-order valence-electron chi connectivity index (χ1n) is 9.28. The summed E-state index contributed by atoms with van der Waals surface area (Å²) < 4.78 is 0. The van der Waals surface area contributed by atoms with Crippen LogP contribution in [-0.2, 0) is 5.41 Å². The van der Waals surface area contributed by atoms with E-state index in [2.05, 4.69) is 72.6 Å². The molecule has 0 heterocycles. The largest absolute Gasteiger partial charge is 0.478 e. The molecule has 2 N–H and O–H groups in total. The molecule has 27 heavy (non-hydrogen) atoms. The molecule has 0 amide bonds. The van der Waals surface area contributed by atoms with Gasteiger partial charge in [0, 0.05) is 11.1 Å². The van der Waals surface area contributed by atoms with Gasteiger partial charge in [-0.15, -0.1) is 0 Å². The van der Waals surface area contributed by atoms with Crippen molar-refractivity contribution in [2.24, 2.45) is 0 Å². The molecule has 3 aromatic rings. The Kier molecular flexibility index (Phi) is 6.09. The number of carboxylic acid groups (broad SMARTS) is 1. The maximum absolute atomic E-state index is 10.9. The fourth-order valence-electron chi connectivity index (χ4n) is 3.47. The van der Waals surface area contributed by atoms with Crippen LogP contribution in [0.15, 0.2) is 84.9 Å². The molecule has 0 aliphatic heterocycles. The van der Waals surface area contributed by atoms with E-state index in [-0.39, 0.29) is 5.41 Å². The summed E-state index contributed by atoms with van der Waals surface area (Å²) in [6.07, 6.45) is 1.08. The van der Waals surface area contributed by atoms with E-state index < -0.39 is 15.7 Å². The van der Waals surface area contributed by atoms with Gasteiger partial charge in [-0.25, -0.2) is 4.79 Å². The summed E-state index contributed by atoms with van der Waals surface area (Å²) in [4.78, 5) is 14.5. The molecule has 4 heteroatoms. The molecule has 3 nitrogen and oxygen atoms in total. The molecule has 0 saturated carbocycles. The van der Waals surface area contributed by atoms with Crippen LogP contribution in [0.2, 0.25) is 6.04 Å². The van der Waals surface area contributed by atoms with E-state index in [1.54, 1.807) is 12.1 Å². The molecule has 0 spiro atoms. The minimum Gasteiger partial charge on any atom is -0.478 e. The summed E-state index contributed by atoms with van der Waals surface area (Å²) in [6, 6.07) is 29.6. The highest BCUT2D eigenvalue weighted by molar-refractivity contribution is 6.40. The number of benzene rings is 3. The van der Waals surface area contributed by atoms with Crippen molar-refractivity contribution in [2.75, 3.05) is 4.98 Å². The van der Waals surface area contributed by atoms with Crippen LogP contribution in [0.25, 0.3) is 0 Å². The molecule has 3 rings (SSSR count). The van der Waals surface area contributed by atoms with E-state index in [9.17, 15) is 4.79 Å². The average Bonchev–Trinajstić information content (AvgIpc) is 2.72. The normalized spacial score (nSPS) is 11.6. The molecular formula is C23H25NO2Si. The number of anilines is 1. The maximum Gasteiger partial charge on any atom is 0.335 e. The molecule has 138 valence electrons. The van der Waals surface area contributed by atoms with Crippen LogP contribution in [0.3, 0.4) is 0 Å². The van der Waals surface area contributed by atoms with E-state index in [0.29, 0.717) is 5.56 Å². The van der Waals surface area contributed by atoms with Gasteiger partial charge in [0.05, 0.1) is 5.56 Å². The third kappa shape index (κ3) is 4.66. The Morgan fingerprint density at radius 2 is 1.41 bits per heavy atom. The summed E-state index contributed by atoms with van der Waals surface area (Å²) in [5.41, 5.74) is 4.01. The number of rotatable bonds is 8. The first kappa shape index (κ1) is 18.9. The van der Waals surface area contributed by atoms with Gasteiger partial charge in [0.2, 0.25) is 0 Å². The first-order chi connectivity index (χ1) is 13.1. The van der Waals surface area contributed by atoms with E-state index in [1.807, 2.05) is 12.1 Å². The highest BCUT2D eigenvalue weighted by Gasteiger charge is 2.28. The van der Waals surface area contributed by atoms with Crippen LogP contribution in [0, 0.1) is 0 Å². The van der Waals surface area contributed by atoms with Gasteiger partial charge in [0.25, 0.3) is 0 Å². The van der Waals surface area contributed by atoms with Gasteiger partial charge < -0.3 is 10.1 Å². The summed E-state index contributed by atoms with van der Waals surface area (Å²) in [5, 5.41) is 8.98. The highest BCUT2D eigenvalue weighted by Crippen LogP contribution is 2.36. The molecule has 0 bridgehead atoms. The summed E-state index contributed by atoms with van der Waals surface area (Å²) >= 11 is 0. The summed E-state index contributed by atoms with van der Waals surface area (Å²) in [7, 11) is -0.506. The van der Waals surface area contributed by atoms with Crippen LogP contribution < -0.4 is 4.98 Å². The zero-order chi connectivity index (χ0) is 19.1. The Hall–Kier alpha value is -2.85. The molecule has 3 aromatic carbocycles. The van der Waals surface area contributed by atoms with Gasteiger partial charge in [0.15, 0.2) is 0 Å². The number of hydrogen-bond acceptors (Lipinski definition) is 2. The van der Waals surface area contributed by atoms with E-state index in [0.717, 1.165) is 18.2 Å². The van der Waals surface area contributed by atoms with Crippen LogP contribution in [0.1, 0.15) is 34.8 Å². The smallest absolute Gasteiger partial charge is 0.335 e. The fourth-order valence-corrected chi connectivity index (χ4v) is 5.06.